The number of hydrogen-bond acceptors (Lipinski definition) is 5. The maximum absolute atomic E-state index is 13.2. The van der Waals surface area contributed by atoms with Gasteiger partial charge in [0.1, 0.15) is 6.61 Å². The first-order valence-corrected chi connectivity index (χ1v) is 9.81. The summed E-state index contributed by atoms with van der Waals surface area (Å²) in [5, 5.41) is 10.9. The van der Waals surface area contributed by atoms with Gasteiger partial charge in [-0.2, -0.15) is 0 Å². The zero-order valence-electron chi connectivity index (χ0n) is 16.0. The Bertz CT molecular complexity index is 1130. The molecule has 28 heavy (non-hydrogen) atoms. The van der Waals surface area contributed by atoms with Crippen molar-refractivity contribution in [3.63, 3.8) is 0 Å². The largest absolute Gasteiger partial charge is 0.458 e. The van der Waals surface area contributed by atoms with Gasteiger partial charge >= 0.3 is 5.97 Å². The summed E-state index contributed by atoms with van der Waals surface area (Å²) in [5.41, 5.74) is 4.62. The molecular weight excluding hydrogens is 356 g/mol. The number of allylic oxidation sites excluding steroid dienone is 1. The van der Waals surface area contributed by atoms with Crippen molar-refractivity contribution in [3.05, 3.63) is 56.0 Å². The number of hydrogen-bond donors (Lipinski definition) is 1. The van der Waals surface area contributed by atoms with Crippen molar-refractivity contribution in [1.29, 1.82) is 0 Å². The number of fused-ring (bicyclic) bond motifs is 5. The van der Waals surface area contributed by atoms with Crippen LogP contribution in [-0.4, -0.2) is 20.6 Å². The monoisotopic (exact) mass is 378 g/mol. The van der Waals surface area contributed by atoms with Gasteiger partial charge in [0.05, 0.1) is 29.2 Å². The Kier molecular flexibility index (Phi) is 3.65. The summed E-state index contributed by atoms with van der Waals surface area (Å²) < 4.78 is 6.82. The summed E-state index contributed by atoms with van der Waals surface area (Å²) in [6.45, 7) is 4.18. The molecule has 5 rings (SSSR count). The molecule has 0 spiro atoms. The lowest BCUT2D eigenvalue weighted by molar-refractivity contribution is -0.172. The summed E-state index contributed by atoms with van der Waals surface area (Å²) in [4.78, 5) is 30.3. The number of aromatic nitrogens is 2. The van der Waals surface area contributed by atoms with E-state index >= 15 is 0 Å². The quantitative estimate of drug-likeness (QED) is 0.658. The van der Waals surface area contributed by atoms with Crippen molar-refractivity contribution in [3.8, 4) is 11.4 Å². The molecule has 4 heterocycles. The molecule has 0 radical (unpaired) electrons. The Labute approximate surface area is 162 Å². The Morgan fingerprint density at radius 2 is 2.11 bits per heavy atom. The summed E-state index contributed by atoms with van der Waals surface area (Å²) in [7, 11) is 0. The average Bonchev–Trinajstić information content (AvgIpc) is 2.89. The number of nitrogens with zero attached hydrogens (tertiary/aromatic N) is 2. The van der Waals surface area contributed by atoms with Crippen LogP contribution in [0.3, 0.4) is 0 Å². The van der Waals surface area contributed by atoms with Crippen LogP contribution in [0, 0.1) is 6.92 Å². The lowest BCUT2D eigenvalue weighted by Crippen LogP contribution is -2.44. The lowest BCUT2D eigenvalue weighted by Gasteiger charge is -2.31. The van der Waals surface area contributed by atoms with E-state index in [0.717, 1.165) is 36.2 Å². The van der Waals surface area contributed by atoms with E-state index in [4.69, 9.17) is 9.72 Å². The SMILES string of the molecule is CCC1(O)C(=O)OCc2c1cc1n(c2=O)Cc2c-1nc1c(c2C)CCCC=C1. The number of pyridine rings is 2. The molecule has 2 aromatic heterocycles. The van der Waals surface area contributed by atoms with Crippen LogP contribution in [0.1, 0.15) is 59.7 Å². The molecule has 0 amide bonds. The van der Waals surface area contributed by atoms with Crippen molar-refractivity contribution in [2.45, 2.75) is 58.3 Å². The Morgan fingerprint density at radius 3 is 2.89 bits per heavy atom. The Hall–Kier alpha value is -2.73. The summed E-state index contributed by atoms with van der Waals surface area (Å²) in [6.07, 6.45) is 7.46. The van der Waals surface area contributed by atoms with Crippen LogP contribution in [0.4, 0.5) is 0 Å². The molecule has 6 nitrogen and oxygen atoms in total. The second kappa shape index (κ2) is 5.88. The van der Waals surface area contributed by atoms with E-state index in [0.29, 0.717) is 23.4 Å². The van der Waals surface area contributed by atoms with Crippen LogP contribution < -0.4 is 5.56 Å². The molecule has 0 bridgehead atoms. The molecule has 1 aliphatic carbocycles. The summed E-state index contributed by atoms with van der Waals surface area (Å²) in [5.74, 6) is -0.695. The van der Waals surface area contributed by atoms with Crippen molar-refractivity contribution < 1.29 is 14.6 Å². The number of esters is 1. The predicted octanol–water partition coefficient (Wildman–Crippen LogP) is 2.58. The van der Waals surface area contributed by atoms with Crippen molar-refractivity contribution >= 4 is 12.0 Å². The van der Waals surface area contributed by atoms with Gasteiger partial charge < -0.3 is 14.4 Å². The van der Waals surface area contributed by atoms with E-state index < -0.39 is 11.6 Å². The number of cyclic esters (lactones) is 1. The third-order valence-electron chi connectivity index (χ3n) is 6.41. The fourth-order valence-corrected chi connectivity index (χ4v) is 4.67. The summed E-state index contributed by atoms with van der Waals surface area (Å²) >= 11 is 0. The maximum Gasteiger partial charge on any atom is 0.343 e. The molecular formula is C22H22N2O4. The van der Waals surface area contributed by atoms with Gasteiger partial charge in [-0.3, -0.25) is 4.79 Å². The molecule has 1 N–H and O–H groups in total. The van der Waals surface area contributed by atoms with Gasteiger partial charge in [-0.05, 0) is 55.9 Å². The molecule has 0 saturated heterocycles. The smallest absolute Gasteiger partial charge is 0.343 e. The minimum absolute atomic E-state index is 0.0996. The van der Waals surface area contributed by atoms with E-state index in [1.807, 2.05) is 0 Å². The number of carbonyl (C=O) groups excluding carboxylic acids is 1. The van der Waals surface area contributed by atoms with Crippen LogP contribution in [0.5, 0.6) is 0 Å². The standard InChI is InChI=1S/C22H22N2O4/c1-3-22(27)16-9-18-19-14(10-24(18)20(25)15(16)11-28-21(22)26)12(2)13-7-5-4-6-8-17(13)23-19/h6,8-9,27H,3-5,7,10-11H2,1-2H3. The van der Waals surface area contributed by atoms with Gasteiger partial charge in [0, 0.05) is 11.1 Å². The van der Waals surface area contributed by atoms with Gasteiger partial charge in [-0.15, -0.1) is 0 Å². The van der Waals surface area contributed by atoms with Crippen molar-refractivity contribution in [2.75, 3.05) is 0 Å². The minimum Gasteiger partial charge on any atom is -0.458 e. The highest BCUT2D eigenvalue weighted by atomic mass is 16.6. The molecule has 0 saturated carbocycles. The lowest BCUT2D eigenvalue weighted by atomic mass is 9.86. The molecule has 1 atom stereocenters. The number of aliphatic hydroxyl groups is 1. The molecule has 6 heteroatoms. The molecule has 144 valence electrons. The second-order valence-electron chi connectivity index (χ2n) is 7.83. The Morgan fingerprint density at radius 1 is 1.29 bits per heavy atom. The van der Waals surface area contributed by atoms with Crippen LogP contribution in [0.25, 0.3) is 17.5 Å². The summed E-state index contributed by atoms with van der Waals surface area (Å²) in [6, 6.07) is 1.77. The van der Waals surface area contributed by atoms with Crippen molar-refractivity contribution in [2.24, 2.45) is 0 Å². The van der Waals surface area contributed by atoms with Gasteiger partial charge in [0.15, 0.2) is 5.60 Å². The maximum atomic E-state index is 13.2. The molecule has 2 aliphatic heterocycles. The zero-order chi connectivity index (χ0) is 19.6. The van der Waals surface area contributed by atoms with Crippen molar-refractivity contribution in [1.82, 2.24) is 9.55 Å². The van der Waals surface area contributed by atoms with Gasteiger partial charge in [0.25, 0.3) is 5.56 Å². The third-order valence-corrected chi connectivity index (χ3v) is 6.41. The van der Waals surface area contributed by atoms with E-state index in [1.54, 1.807) is 17.6 Å². The zero-order valence-corrected chi connectivity index (χ0v) is 16.0. The highest BCUT2D eigenvalue weighted by Crippen LogP contribution is 2.40. The number of ether oxygens (including phenoxy) is 1. The minimum atomic E-state index is -1.79. The first-order chi connectivity index (χ1) is 13.5. The van der Waals surface area contributed by atoms with E-state index in [1.165, 1.54) is 11.1 Å². The highest BCUT2D eigenvalue weighted by molar-refractivity contribution is 5.84. The van der Waals surface area contributed by atoms with Gasteiger partial charge in [0.2, 0.25) is 0 Å². The first kappa shape index (κ1) is 17.4. The fourth-order valence-electron chi connectivity index (χ4n) is 4.67. The van der Waals surface area contributed by atoms with Gasteiger partial charge in [-0.25, -0.2) is 9.78 Å². The molecule has 1 unspecified atom stereocenters. The molecule has 0 fully saturated rings. The third kappa shape index (κ3) is 2.15. The van der Waals surface area contributed by atoms with E-state index in [9.17, 15) is 14.7 Å². The van der Waals surface area contributed by atoms with Crippen LogP contribution in [0.15, 0.2) is 16.9 Å². The van der Waals surface area contributed by atoms with E-state index in [2.05, 4.69) is 19.1 Å². The predicted molar refractivity (Wildman–Crippen MR) is 104 cm³/mol. The fraction of sp³-hybridized carbons (Fsp3) is 0.409. The first-order valence-electron chi connectivity index (χ1n) is 9.81. The molecule has 3 aliphatic rings. The topological polar surface area (TPSA) is 81.4 Å². The average molecular weight is 378 g/mol. The number of rotatable bonds is 1. The molecule has 2 aromatic rings. The van der Waals surface area contributed by atoms with E-state index in [-0.39, 0.29) is 18.6 Å². The van der Waals surface area contributed by atoms with Gasteiger partial charge in [-0.1, -0.05) is 13.0 Å². The second-order valence-corrected chi connectivity index (χ2v) is 7.83. The molecule has 0 aromatic carbocycles. The Balaban J connectivity index is 1.79. The number of carbonyl (C=O) groups is 1. The highest BCUT2D eigenvalue weighted by Gasteiger charge is 2.45. The van der Waals surface area contributed by atoms with Crippen LogP contribution in [0.2, 0.25) is 0 Å². The van der Waals surface area contributed by atoms with Crippen LogP contribution >= 0.6 is 0 Å². The normalized spacial score (nSPS) is 22.0. The van der Waals surface area contributed by atoms with Crippen LogP contribution in [-0.2, 0) is 34.7 Å².